The largest absolute Gasteiger partial charge is 0.469 e. The van der Waals surface area contributed by atoms with Gasteiger partial charge in [0.1, 0.15) is 5.76 Å². The smallest absolute Gasteiger partial charge is 0.105 e. The maximum Gasteiger partial charge on any atom is 0.105 e. The van der Waals surface area contributed by atoms with Gasteiger partial charge in [-0.3, -0.25) is 10.5 Å². The molecular weight excluding hydrogens is 268 g/mol. The molecule has 19 heavy (non-hydrogen) atoms. The lowest BCUT2D eigenvalue weighted by Gasteiger charge is -2.18. The van der Waals surface area contributed by atoms with E-state index in [1.165, 1.54) is 0 Å². The lowest BCUT2D eigenvalue weighted by atomic mass is 10.1. The fraction of sp³-hybridized carbons (Fsp3) is 0.417. The number of aromatic nitrogens is 2. The zero-order valence-electron chi connectivity index (χ0n) is 10.9. The normalized spacial score (nSPS) is 12.8. The van der Waals surface area contributed by atoms with Crippen LogP contribution in [0.15, 0.2) is 22.9 Å². The van der Waals surface area contributed by atoms with Crippen molar-refractivity contribution in [2.24, 2.45) is 5.84 Å². The molecule has 0 saturated carbocycles. The number of aryl methyl sites for hydroxylation is 1. The van der Waals surface area contributed by atoms with Crippen LogP contribution in [0.3, 0.4) is 0 Å². The molecule has 0 saturated heterocycles. The molecule has 1 unspecified atom stereocenters. The van der Waals surface area contributed by atoms with Gasteiger partial charge in [0.15, 0.2) is 0 Å². The molecule has 104 valence electrons. The molecule has 0 aliphatic carbocycles. The molecule has 0 fully saturated rings. The van der Waals surface area contributed by atoms with E-state index in [1.54, 1.807) is 24.3 Å². The van der Waals surface area contributed by atoms with Crippen LogP contribution >= 0.6 is 11.6 Å². The second-order valence-corrected chi connectivity index (χ2v) is 4.53. The van der Waals surface area contributed by atoms with Gasteiger partial charge < -0.3 is 9.15 Å². The fourth-order valence-corrected chi connectivity index (χ4v) is 2.28. The summed E-state index contributed by atoms with van der Waals surface area (Å²) < 4.78 is 12.2. The zero-order valence-corrected chi connectivity index (χ0v) is 11.6. The van der Waals surface area contributed by atoms with E-state index in [0.29, 0.717) is 18.2 Å². The lowest BCUT2D eigenvalue weighted by Crippen LogP contribution is -2.31. The number of ether oxygens (including phenoxy) is 1. The average Bonchev–Trinajstić information content (AvgIpc) is 2.97. The highest BCUT2D eigenvalue weighted by Crippen LogP contribution is 2.30. The van der Waals surface area contributed by atoms with E-state index < -0.39 is 0 Å². The molecule has 0 aliphatic rings. The number of nitrogens with zero attached hydrogens (tertiary/aromatic N) is 2. The highest BCUT2D eigenvalue weighted by Gasteiger charge is 2.23. The predicted octanol–water partition coefficient (Wildman–Crippen LogP) is 1.64. The van der Waals surface area contributed by atoms with Crippen molar-refractivity contribution in [3.8, 4) is 0 Å². The van der Waals surface area contributed by atoms with Gasteiger partial charge in [-0.2, -0.15) is 5.10 Å². The number of furan rings is 1. The zero-order chi connectivity index (χ0) is 13.8. The Hall–Kier alpha value is -1.34. The van der Waals surface area contributed by atoms with E-state index in [4.69, 9.17) is 26.6 Å². The summed E-state index contributed by atoms with van der Waals surface area (Å²) in [6, 6.07) is 1.59. The molecule has 2 rings (SSSR count). The number of hydrogen-bond acceptors (Lipinski definition) is 5. The predicted molar refractivity (Wildman–Crippen MR) is 71.7 cm³/mol. The van der Waals surface area contributed by atoms with Crippen molar-refractivity contribution in [2.75, 3.05) is 13.7 Å². The molecule has 7 heteroatoms. The SMILES string of the molecule is COCCn1ncc(Cl)c1C(NN)c1ccoc1C. The number of nitrogens with two attached hydrogens (primary N) is 1. The van der Waals surface area contributed by atoms with Gasteiger partial charge in [-0.05, 0) is 13.0 Å². The number of hydrazine groups is 1. The van der Waals surface area contributed by atoms with E-state index in [2.05, 4.69) is 10.5 Å². The summed E-state index contributed by atoms with van der Waals surface area (Å²) in [5.74, 6) is 6.46. The van der Waals surface area contributed by atoms with Crippen molar-refractivity contribution in [1.82, 2.24) is 15.2 Å². The molecule has 3 N–H and O–H groups in total. The minimum atomic E-state index is -0.273. The first kappa shape index (κ1) is 14.1. The first-order chi connectivity index (χ1) is 9.19. The van der Waals surface area contributed by atoms with Crippen LogP contribution < -0.4 is 11.3 Å². The van der Waals surface area contributed by atoms with Crippen molar-refractivity contribution in [2.45, 2.75) is 19.5 Å². The summed E-state index contributed by atoms with van der Waals surface area (Å²) in [5, 5.41) is 4.80. The van der Waals surface area contributed by atoms with Crippen molar-refractivity contribution < 1.29 is 9.15 Å². The Bertz CT molecular complexity index is 538. The van der Waals surface area contributed by atoms with Crippen LogP contribution in [0.2, 0.25) is 5.02 Å². The minimum Gasteiger partial charge on any atom is -0.469 e. The van der Waals surface area contributed by atoms with Crippen LogP contribution in [0.25, 0.3) is 0 Å². The summed E-state index contributed by atoms with van der Waals surface area (Å²) in [5.41, 5.74) is 4.49. The van der Waals surface area contributed by atoms with Crippen molar-refractivity contribution in [3.05, 3.63) is 40.6 Å². The number of rotatable bonds is 6. The van der Waals surface area contributed by atoms with Crippen molar-refractivity contribution >= 4 is 11.6 Å². The molecule has 0 spiro atoms. The Kier molecular flexibility index (Phi) is 4.60. The third kappa shape index (κ3) is 2.82. The van der Waals surface area contributed by atoms with Gasteiger partial charge in [-0.15, -0.1) is 0 Å². The molecule has 0 radical (unpaired) electrons. The molecule has 1 atom stereocenters. The molecule has 2 aromatic heterocycles. The van der Waals surface area contributed by atoms with Gasteiger partial charge >= 0.3 is 0 Å². The van der Waals surface area contributed by atoms with E-state index >= 15 is 0 Å². The molecule has 2 heterocycles. The van der Waals surface area contributed by atoms with E-state index in [-0.39, 0.29) is 6.04 Å². The van der Waals surface area contributed by atoms with E-state index in [1.807, 2.05) is 13.0 Å². The maximum atomic E-state index is 6.22. The fourth-order valence-electron chi connectivity index (χ4n) is 2.03. The van der Waals surface area contributed by atoms with Crippen LogP contribution in [-0.4, -0.2) is 23.5 Å². The van der Waals surface area contributed by atoms with Crippen LogP contribution in [0.5, 0.6) is 0 Å². The van der Waals surface area contributed by atoms with E-state index in [9.17, 15) is 0 Å². The van der Waals surface area contributed by atoms with Crippen LogP contribution in [0.4, 0.5) is 0 Å². The number of methoxy groups -OCH3 is 1. The second-order valence-electron chi connectivity index (χ2n) is 4.13. The van der Waals surface area contributed by atoms with Gasteiger partial charge in [-0.1, -0.05) is 11.6 Å². The maximum absolute atomic E-state index is 6.22. The average molecular weight is 285 g/mol. The first-order valence-electron chi connectivity index (χ1n) is 5.89. The Labute approximate surface area is 116 Å². The molecule has 0 bridgehead atoms. The van der Waals surface area contributed by atoms with Gasteiger partial charge in [0.25, 0.3) is 0 Å². The van der Waals surface area contributed by atoms with E-state index in [0.717, 1.165) is 17.0 Å². The van der Waals surface area contributed by atoms with Gasteiger partial charge in [0, 0.05) is 12.7 Å². The Balaban J connectivity index is 2.38. The highest BCUT2D eigenvalue weighted by molar-refractivity contribution is 6.31. The van der Waals surface area contributed by atoms with Crippen LogP contribution in [0, 0.1) is 6.92 Å². The summed E-state index contributed by atoms with van der Waals surface area (Å²) in [6.07, 6.45) is 3.23. The third-order valence-electron chi connectivity index (χ3n) is 2.99. The Morgan fingerprint density at radius 2 is 2.42 bits per heavy atom. The van der Waals surface area contributed by atoms with Gasteiger partial charge in [0.05, 0.1) is 42.4 Å². The molecule has 0 amide bonds. The monoisotopic (exact) mass is 284 g/mol. The molecule has 2 aromatic rings. The second kappa shape index (κ2) is 6.21. The Morgan fingerprint density at radius 1 is 1.63 bits per heavy atom. The minimum absolute atomic E-state index is 0.273. The lowest BCUT2D eigenvalue weighted by molar-refractivity contribution is 0.182. The first-order valence-corrected chi connectivity index (χ1v) is 6.27. The standard InChI is InChI=1S/C12H17ClN4O2/c1-8-9(3-5-19-8)11(16-14)12-10(13)7-15-17(12)4-6-18-2/h3,5,7,11,16H,4,6,14H2,1-2H3. The number of hydrogen-bond donors (Lipinski definition) is 2. The molecule has 0 aliphatic heterocycles. The van der Waals surface area contributed by atoms with Gasteiger partial charge in [-0.25, -0.2) is 5.43 Å². The number of halogens is 1. The topological polar surface area (TPSA) is 78.2 Å². The summed E-state index contributed by atoms with van der Waals surface area (Å²) in [4.78, 5) is 0. The van der Waals surface area contributed by atoms with Crippen LogP contribution in [-0.2, 0) is 11.3 Å². The summed E-state index contributed by atoms with van der Waals surface area (Å²) in [7, 11) is 1.64. The third-order valence-corrected chi connectivity index (χ3v) is 3.28. The van der Waals surface area contributed by atoms with Gasteiger partial charge in [0.2, 0.25) is 0 Å². The number of nitrogens with one attached hydrogen (secondary N) is 1. The Morgan fingerprint density at radius 3 is 3.00 bits per heavy atom. The highest BCUT2D eigenvalue weighted by atomic mass is 35.5. The summed E-state index contributed by atoms with van der Waals surface area (Å²) in [6.45, 7) is 3.03. The molecule has 0 aromatic carbocycles. The molecular formula is C12H17ClN4O2. The van der Waals surface area contributed by atoms with Crippen LogP contribution in [0.1, 0.15) is 23.1 Å². The quantitative estimate of drug-likeness (QED) is 0.623. The van der Waals surface area contributed by atoms with Crippen molar-refractivity contribution in [3.63, 3.8) is 0 Å². The van der Waals surface area contributed by atoms with Crippen molar-refractivity contribution in [1.29, 1.82) is 0 Å². The summed E-state index contributed by atoms with van der Waals surface area (Å²) >= 11 is 6.22. The molecule has 6 nitrogen and oxygen atoms in total.